The van der Waals surface area contributed by atoms with Crippen LogP contribution in [0.3, 0.4) is 0 Å². The molecule has 0 bridgehead atoms. The molecular weight excluding hydrogens is 310 g/mol. The van der Waals surface area contributed by atoms with Crippen molar-refractivity contribution in [3.05, 3.63) is 11.1 Å². The number of carbonyl (C=O) groups is 1. The minimum atomic E-state index is -0.247. The third kappa shape index (κ3) is 2.75. The number of likely N-dealkylation sites (tertiary alicyclic amines) is 1. The average Bonchev–Trinajstić information content (AvgIpc) is 3.27. The fourth-order valence-electron chi connectivity index (χ4n) is 4.27. The summed E-state index contributed by atoms with van der Waals surface area (Å²) in [7, 11) is 2.11. The summed E-state index contributed by atoms with van der Waals surface area (Å²) in [4.78, 5) is 22.1. The first-order valence-corrected chi connectivity index (χ1v) is 9.42. The zero-order valence-corrected chi connectivity index (χ0v) is 14.5. The number of rotatable bonds is 4. The zero-order valence-electron chi connectivity index (χ0n) is 13.7. The molecule has 7 heteroatoms. The highest BCUT2D eigenvalue weighted by Gasteiger charge is 2.53. The van der Waals surface area contributed by atoms with Gasteiger partial charge in [0.1, 0.15) is 0 Å². The van der Waals surface area contributed by atoms with E-state index in [0.717, 1.165) is 50.1 Å². The molecule has 3 saturated heterocycles. The first-order valence-electron chi connectivity index (χ1n) is 8.54. The van der Waals surface area contributed by atoms with Crippen LogP contribution in [0.2, 0.25) is 0 Å². The van der Waals surface area contributed by atoms with Crippen molar-refractivity contribution in [1.29, 1.82) is 0 Å². The Labute approximate surface area is 141 Å². The van der Waals surface area contributed by atoms with Gasteiger partial charge >= 0.3 is 0 Å². The van der Waals surface area contributed by atoms with Gasteiger partial charge in [-0.2, -0.15) is 0 Å². The Hall–Kier alpha value is -1.18. The Morgan fingerprint density at radius 1 is 1.52 bits per heavy atom. The van der Waals surface area contributed by atoms with E-state index in [-0.39, 0.29) is 11.3 Å². The molecule has 3 aliphatic rings. The van der Waals surface area contributed by atoms with Crippen molar-refractivity contribution in [2.45, 2.75) is 19.4 Å². The number of nitrogens with zero attached hydrogens (tertiary/aromatic N) is 3. The van der Waals surface area contributed by atoms with Gasteiger partial charge in [-0.3, -0.25) is 4.79 Å². The molecule has 6 nitrogen and oxygen atoms in total. The molecule has 0 radical (unpaired) electrons. The van der Waals surface area contributed by atoms with Gasteiger partial charge in [0, 0.05) is 50.6 Å². The summed E-state index contributed by atoms with van der Waals surface area (Å²) >= 11 is 1.69. The number of aromatic nitrogens is 1. The van der Waals surface area contributed by atoms with Crippen LogP contribution < -0.4 is 15.5 Å². The fraction of sp³-hybridized carbons (Fsp3) is 0.750. The van der Waals surface area contributed by atoms with E-state index in [2.05, 4.69) is 32.9 Å². The van der Waals surface area contributed by atoms with Crippen LogP contribution in [0.15, 0.2) is 5.38 Å². The minimum Gasteiger partial charge on any atom is -0.350 e. The predicted molar refractivity (Wildman–Crippen MR) is 91.7 cm³/mol. The second kappa shape index (κ2) is 6.03. The van der Waals surface area contributed by atoms with Gasteiger partial charge < -0.3 is 20.4 Å². The highest BCUT2D eigenvalue weighted by Crippen LogP contribution is 2.38. The van der Waals surface area contributed by atoms with E-state index in [9.17, 15) is 4.79 Å². The summed E-state index contributed by atoms with van der Waals surface area (Å²) in [6.45, 7) is 6.38. The van der Waals surface area contributed by atoms with E-state index in [1.54, 1.807) is 11.3 Å². The van der Waals surface area contributed by atoms with Crippen LogP contribution >= 0.6 is 11.3 Å². The van der Waals surface area contributed by atoms with E-state index in [0.29, 0.717) is 12.5 Å². The maximum absolute atomic E-state index is 12.8. The summed E-state index contributed by atoms with van der Waals surface area (Å²) in [5.41, 5.74) is 0.734. The van der Waals surface area contributed by atoms with Crippen molar-refractivity contribution in [2.75, 3.05) is 51.2 Å². The van der Waals surface area contributed by atoms with Gasteiger partial charge in [-0.15, -0.1) is 11.3 Å². The largest absolute Gasteiger partial charge is 0.350 e. The minimum absolute atomic E-state index is 0.188. The summed E-state index contributed by atoms with van der Waals surface area (Å²) in [6.07, 6.45) is 2.52. The number of hydrogen-bond acceptors (Lipinski definition) is 6. The van der Waals surface area contributed by atoms with Gasteiger partial charge in [0.25, 0.3) is 0 Å². The number of hydrogen-bond donors (Lipinski definition) is 2. The van der Waals surface area contributed by atoms with E-state index in [4.69, 9.17) is 4.98 Å². The molecule has 3 fully saturated rings. The van der Waals surface area contributed by atoms with Gasteiger partial charge in [-0.25, -0.2) is 4.98 Å². The predicted octanol–water partition coefficient (Wildman–Crippen LogP) is 0.511. The molecule has 0 aromatic carbocycles. The Morgan fingerprint density at radius 2 is 2.35 bits per heavy atom. The van der Waals surface area contributed by atoms with Gasteiger partial charge in [0.2, 0.25) is 5.91 Å². The molecular formula is C16H25N5OS. The summed E-state index contributed by atoms with van der Waals surface area (Å²) in [5, 5.41) is 9.73. The Bertz CT molecular complexity index is 585. The van der Waals surface area contributed by atoms with Crippen LogP contribution in [-0.2, 0) is 11.3 Å². The van der Waals surface area contributed by atoms with Crippen LogP contribution in [0.25, 0.3) is 0 Å². The molecule has 2 atom stereocenters. The number of carbonyl (C=O) groups excluding carboxylic acids is 1. The summed E-state index contributed by atoms with van der Waals surface area (Å²) in [5.74, 6) is 0.621. The molecule has 0 spiro atoms. The Balaban J connectivity index is 1.38. The highest BCUT2D eigenvalue weighted by atomic mass is 32.1. The molecule has 2 N–H and O–H groups in total. The molecule has 23 heavy (non-hydrogen) atoms. The monoisotopic (exact) mass is 335 g/mol. The second-order valence-corrected chi connectivity index (χ2v) is 8.02. The number of thiazole rings is 1. The fourth-order valence-corrected chi connectivity index (χ4v) is 5.15. The first kappa shape index (κ1) is 15.4. The number of nitrogens with one attached hydrogen (secondary N) is 2. The molecule has 1 amide bonds. The van der Waals surface area contributed by atoms with Crippen molar-refractivity contribution in [2.24, 2.45) is 11.3 Å². The average molecular weight is 335 g/mol. The molecule has 3 aliphatic heterocycles. The van der Waals surface area contributed by atoms with Crippen molar-refractivity contribution in [3.8, 4) is 0 Å². The van der Waals surface area contributed by atoms with Crippen LogP contribution in [0.5, 0.6) is 0 Å². The molecule has 126 valence electrons. The maximum Gasteiger partial charge on any atom is 0.229 e. The normalized spacial score (nSPS) is 30.8. The highest BCUT2D eigenvalue weighted by molar-refractivity contribution is 7.13. The molecule has 1 aromatic rings. The van der Waals surface area contributed by atoms with E-state index >= 15 is 0 Å². The third-order valence-corrected chi connectivity index (χ3v) is 6.45. The lowest BCUT2D eigenvalue weighted by molar-refractivity contribution is -0.130. The molecule has 0 unspecified atom stereocenters. The van der Waals surface area contributed by atoms with Crippen molar-refractivity contribution in [3.63, 3.8) is 0 Å². The molecule has 4 heterocycles. The molecule has 1 aromatic heterocycles. The van der Waals surface area contributed by atoms with Crippen LogP contribution in [-0.4, -0.2) is 62.1 Å². The summed E-state index contributed by atoms with van der Waals surface area (Å²) < 4.78 is 0. The van der Waals surface area contributed by atoms with Crippen LogP contribution in [0.4, 0.5) is 5.13 Å². The van der Waals surface area contributed by atoms with Gasteiger partial charge in [0.05, 0.1) is 17.7 Å². The van der Waals surface area contributed by atoms with E-state index in [1.807, 2.05) is 0 Å². The van der Waals surface area contributed by atoms with Crippen molar-refractivity contribution >= 4 is 22.4 Å². The third-order valence-electron chi connectivity index (χ3n) is 5.50. The maximum atomic E-state index is 12.8. The zero-order chi connectivity index (χ0) is 15.9. The summed E-state index contributed by atoms with van der Waals surface area (Å²) in [6, 6.07) is 0. The van der Waals surface area contributed by atoms with Crippen LogP contribution in [0, 0.1) is 11.3 Å². The van der Waals surface area contributed by atoms with Crippen molar-refractivity contribution < 1.29 is 4.79 Å². The number of anilines is 1. The van der Waals surface area contributed by atoms with Gasteiger partial charge in [-0.05, 0) is 19.9 Å². The molecule has 0 saturated carbocycles. The Kier molecular flexibility index (Phi) is 4.03. The Morgan fingerprint density at radius 3 is 3.17 bits per heavy atom. The number of amides is 1. The van der Waals surface area contributed by atoms with E-state index in [1.165, 1.54) is 12.8 Å². The second-order valence-electron chi connectivity index (χ2n) is 7.18. The van der Waals surface area contributed by atoms with E-state index < -0.39 is 0 Å². The lowest BCUT2D eigenvalue weighted by atomic mass is 9.80. The lowest BCUT2D eigenvalue weighted by Gasteiger charge is -2.26. The quantitative estimate of drug-likeness (QED) is 0.840. The number of fused-ring (bicyclic) bond motifs is 1. The van der Waals surface area contributed by atoms with Crippen molar-refractivity contribution in [1.82, 2.24) is 20.5 Å². The topological polar surface area (TPSA) is 60.5 Å². The standard InChI is InChI=1S/C16H25N5OS/c1-20-8-12-6-17-10-16(12,11-20)14(22)18-7-13-9-23-15(19-13)21-4-2-3-5-21/h9,12,17H,2-8,10-11H2,1H3,(H,18,22)/t12-,16-/m1/s1. The van der Waals surface area contributed by atoms with Crippen LogP contribution in [0.1, 0.15) is 18.5 Å². The van der Waals surface area contributed by atoms with Gasteiger partial charge in [-0.1, -0.05) is 0 Å². The smallest absolute Gasteiger partial charge is 0.229 e. The molecule has 4 rings (SSSR count). The first-order chi connectivity index (χ1) is 11.2. The van der Waals surface area contributed by atoms with Gasteiger partial charge in [0.15, 0.2) is 5.13 Å². The molecule has 0 aliphatic carbocycles. The SMILES string of the molecule is CN1C[C@H]2CNC[C@@]2(C(=O)NCc2csc(N3CCCC3)n2)C1. The lowest BCUT2D eigenvalue weighted by Crippen LogP contribution is -2.46.